The first-order valence-electron chi connectivity index (χ1n) is 8.05. The van der Waals surface area contributed by atoms with Crippen LogP contribution < -0.4 is 15.8 Å². The molecule has 0 fully saturated rings. The molecule has 2 aromatic heterocycles. The molecule has 27 heavy (non-hydrogen) atoms. The molecule has 3 rings (SSSR count). The maximum absolute atomic E-state index is 11.4. The Morgan fingerprint density at radius 3 is 2.74 bits per heavy atom. The van der Waals surface area contributed by atoms with Crippen LogP contribution in [0.25, 0.3) is 10.9 Å². The highest BCUT2D eigenvalue weighted by atomic mass is 32.2. The van der Waals surface area contributed by atoms with Gasteiger partial charge in [-0.1, -0.05) is 17.8 Å². The quantitative estimate of drug-likeness (QED) is 0.213. The minimum Gasteiger partial charge on any atom is -0.391 e. The van der Waals surface area contributed by atoms with Crippen molar-refractivity contribution in [3.63, 3.8) is 0 Å². The summed E-state index contributed by atoms with van der Waals surface area (Å²) in [6, 6.07) is 7.00. The number of sulfonamides is 1. The Kier molecular flexibility index (Phi) is 5.85. The van der Waals surface area contributed by atoms with Crippen LogP contribution in [0.2, 0.25) is 0 Å². The minimum absolute atomic E-state index is 0.0128. The molecule has 6 N–H and O–H groups in total. The number of anilines is 2. The highest BCUT2D eigenvalue weighted by Gasteiger charge is 2.11. The lowest BCUT2D eigenvalue weighted by Gasteiger charge is -2.11. The number of benzene rings is 1. The van der Waals surface area contributed by atoms with Gasteiger partial charge in [0.25, 0.3) is 10.0 Å². The SMILES string of the molecule is CSc1ncc(CO)c(NCCNc2ccc3cc(S(N)(=O)=O)[nH]c3c2)n1. The van der Waals surface area contributed by atoms with E-state index in [0.717, 1.165) is 11.1 Å². The van der Waals surface area contributed by atoms with Crippen molar-refractivity contribution in [3.05, 3.63) is 36.0 Å². The van der Waals surface area contributed by atoms with Crippen molar-refractivity contribution in [1.29, 1.82) is 0 Å². The van der Waals surface area contributed by atoms with Crippen LogP contribution >= 0.6 is 11.8 Å². The Morgan fingerprint density at radius 2 is 2.04 bits per heavy atom. The van der Waals surface area contributed by atoms with Crippen LogP contribution in [0.4, 0.5) is 11.5 Å². The number of primary sulfonamides is 1. The number of rotatable bonds is 8. The molecule has 0 atom stereocenters. The van der Waals surface area contributed by atoms with Gasteiger partial charge in [0.1, 0.15) is 10.8 Å². The number of nitrogens with zero attached hydrogens (tertiary/aromatic N) is 2. The Balaban J connectivity index is 1.62. The Hall–Kier alpha value is -2.34. The van der Waals surface area contributed by atoms with Crippen LogP contribution in [-0.2, 0) is 16.6 Å². The molecule has 0 amide bonds. The van der Waals surface area contributed by atoms with Gasteiger partial charge in [-0.05, 0) is 24.5 Å². The zero-order valence-electron chi connectivity index (χ0n) is 14.6. The highest BCUT2D eigenvalue weighted by Crippen LogP contribution is 2.21. The number of H-pyrrole nitrogens is 1. The Labute approximate surface area is 160 Å². The molecular weight excluding hydrogens is 388 g/mol. The van der Waals surface area contributed by atoms with Gasteiger partial charge in [0.05, 0.1) is 6.61 Å². The highest BCUT2D eigenvalue weighted by molar-refractivity contribution is 7.98. The molecule has 0 aliphatic rings. The van der Waals surface area contributed by atoms with Gasteiger partial charge in [-0.2, -0.15) is 0 Å². The van der Waals surface area contributed by atoms with Crippen LogP contribution in [0.15, 0.2) is 40.6 Å². The van der Waals surface area contributed by atoms with Gasteiger partial charge in [0.2, 0.25) is 0 Å². The first-order valence-corrected chi connectivity index (χ1v) is 10.8. The summed E-state index contributed by atoms with van der Waals surface area (Å²) in [5.74, 6) is 0.608. The number of hydrogen-bond donors (Lipinski definition) is 5. The fraction of sp³-hybridized carbons (Fsp3) is 0.250. The summed E-state index contributed by atoms with van der Waals surface area (Å²) < 4.78 is 22.8. The minimum atomic E-state index is -3.76. The summed E-state index contributed by atoms with van der Waals surface area (Å²) in [5.41, 5.74) is 2.15. The Bertz CT molecular complexity index is 1050. The molecule has 11 heteroatoms. The number of aliphatic hydroxyl groups excluding tert-OH is 1. The average Bonchev–Trinajstić information content (AvgIpc) is 3.09. The molecule has 0 radical (unpaired) electrons. The van der Waals surface area contributed by atoms with Crippen LogP contribution in [0.5, 0.6) is 0 Å². The number of nitrogens with two attached hydrogens (primary N) is 1. The van der Waals surface area contributed by atoms with E-state index in [1.54, 1.807) is 6.20 Å². The summed E-state index contributed by atoms with van der Waals surface area (Å²) in [4.78, 5) is 11.3. The van der Waals surface area contributed by atoms with E-state index in [9.17, 15) is 13.5 Å². The number of fused-ring (bicyclic) bond motifs is 1. The van der Waals surface area contributed by atoms with E-state index in [2.05, 4.69) is 25.6 Å². The van der Waals surface area contributed by atoms with Crippen molar-refractivity contribution < 1.29 is 13.5 Å². The van der Waals surface area contributed by atoms with Crippen molar-refractivity contribution in [2.75, 3.05) is 30.0 Å². The lowest BCUT2D eigenvalue weighted by molar-refractivity contribution is 0.281. The second-order valence-electron chi connectivity index (χ2n) is 5.72. The molecule has 3 aromatic rings. The standard InChI is InChI=1S/C16H20N6O3S2/c1-26-16-20-8-11(9-23)15(22-16)19-5-4-18-12-3-2-10-6-14(27(17,24)25)21-13(10)7-12/h2-3,6-8,18,21,23H,4-5,9H2,1H3,(H2,17,24,25)(H,19,20,22). The first kappa shape index (κ1) is 19.4. The van der Waals surface area contributed by atoms with Crippen molar-refractivity contribution in [2.45, 2.75) is 16.8 Å². The fourth-order valence-corrected chi connectivity index (χ4v) is 3.39. The van der Waals surface area contributed by atoms with E-state index in [0.29, 0.717) is 35.1 Å². The third kappa shape index (κ3) is 4.69. The van der Waals surface area contributed by atoms with Crippen molar-refractivity contribution in [1.82, 2.24) is 15.0 Å². The van der Waals surface area contributed by atoms with E-state index in [1.807, 2.05) is 24.5 Å². The van der Waals surface area contributed by atoms with Gasteiger partial charge in [0, 0.05) is 41.4 Å². The average molecular weight is 409 g/mol. The van der Waals surface area contributed by atoms with Crippen molar-refractivity contribution in [2.24, 2.45) is 5.14 Å². The summed E-state index contributed by atoms with van der Waals surface area (Å²) in [5, 5.41) is 22.3. The first-order chi connectivity index (χ1) is 12.9. The van der Waals surface area contributed by atoms with E-state index < -0.39 is 10.0 Å². The number of aromatic nitrogens is 3. The van der Waals surface area contributed by atoms with Gasteiger partial charge in [-0.3, -0.25) is 0 Å². The molecule has 0 bridgehead atoms. The van der Waals surface area contributed by atoms with Gasteiger partial charge in [-0.25, -0.2) is 23.5 Å². The van der Waals surface area contributed by atoms with E-state index >= 15 is 0 Å². The zero-order chi connectivity index (χ0) is 19.4. The molecule has 0 aliphatic heterocycles. The summed E-state index contributed by atoms with van der Waals surface area (Å²) in [7, 11) is -3.76. The third-order valence-corrected chi connectivity index (χ3v) is 5.24. The van der Waals surface area contributed by atoms with E-state index in [4.69, 9.17) is 5.14 Å². The molecule has 0 saturated heterocycles. The van der Waals surface area contributed by atoms with Gasteiger partial charge in [-0.15, -0.1) is 0 Å². The molecule has 2 heterocycles. The molecular formula is C16H20N6O3S2. The monoisotopic (exact) mass is 408 g/mol. The van der Waals surface area contributed by atoms with Crippen LogP contribution in [-0.4, -0.2) is 47.8 Å². The van der Waals surface area contributed by atoms with Crippen LogP contribution in [0.3, 0.4) is 0 Å². The number of thioether (sulfide) groups is 1. The second kappa shape index (κ2) is 8.13. The predicted molar refractivity (Wildman–Crippen MR) is 106 cm³/mol. The summed E-state index contributed by atoms with van der Waals surface area (Å²) >= 11 is 1.43. The lowest BCUT2D eigenvalue weighted by Crippen LogP contribution is -2.16. The maximum atomic E-state index is 11.4. The summed E-state index contributed by atoms with van der Waals surface area (Å²) in [6.07, 6.45) is 3.49. The second-order valence-corrected chi connectivity index (χ2v) is 8.03. The van der Waals surface area contributed by atoms with Gasteiger partial charge >= 0.3 is 0 Å². The normalized spacial score (nSPS) is 11.7. The smallest absolute Gasteiger partial charge is 0.253 e. The Morgan fingerprint density at radius 1 is 1.26 bits per heavy atom. The molecule has 144 valence electrons. The van der Waals surface area contributed by atoms with E-state index in [1.165, 1.54) is 17.8 Å². The molecule has 1 aromatic carbocycles. The number of hydrogen-bond acceptors (Lipinski definition) is 8. The van der Waals surface area contributed by atoms with E-state index in [-0.39, 0.29) is 11.6 Å². The molecule has 0 spiro atoms. The van der Waals surface area contributed by atoms with Gasteiger partial charge < -0.3 is 20.7 Å². The number of aliphatic hydroxyl groups is 1. The van der Waals surface area contributed by atoms with Crippen LogP contribution in [0.1, 0.15) is 5.56 Å². The topological polar surface area (TPSA) is 146 Å². The number of nitrogens with one attached hydrogen (secondary N) is 3. The third-order valence-electron chi connectivity index (χ3n) is 3.85. The maximum Gasteiger partial charge on any atom is 0.253 e. The fourth-order valence-electron chi connectivity index (χ4n) is 2.51. The zero-order valence-corrected chi connectivity index (χ0v) is 16.2. The molecule has 0 unspecified atom stereocenters. The molecule has 0 saturated carbocycles. The van der Waals surface area contributed by atoms with Crippen LogP contribution in [0, 0.1) is 0 Å². The molecule has 0 aliphatic carbocycles. The largest absolute Gasteiger partial charge is 0.391 e. The van der Waals surface area contributed by atoms with Gasteiger partial charge in [0.15, 0.2) is 5.16 Å². The number of aromatic amines is 1. The molecule has 9 nitrogen and oxygen atoms in total. The van der Waals surface area contributed by atoms with Crippen molar-refractivity contribution in [3.8, 4) is 0 Å². The van der Waals surface area contributed by atoms with Crippen molar-refractivity contribution >= 4 is 44.2 Å². The summed E-state index contributed by atoms with van der Waals surface area (Å²) in [6.45, 7) is 1.03. The lowest BCUT2D eigenvalue weighted by atomic mass is 10.2. The predicted octanol–water partition coefficient (Wildman–Crippen LogP) is 1.34.